The molecule has 0 spiro atoms. The van der Waals surface area contributed by atoms with Crippen LogP contribution in [0.4, 0.5) is 0 Å². The van der Waals surface area contributed by atoms with Crippen LogP contribution in [0.3, 0.4) is 0 Å². The summed E-state index contributed by atoms with van der Waals surface area (Å²) in [5.41, 5.74) is 3.14. The van der Waals surface area contributed by atoms with E-state index in [2.05, 4.69) is 33.9 Å². The number of ether oxygens (including phenoxy) is 1. The van der Waals surface area contributed by atoms with E-state index >= 15 is 0 Å². The molecule has 0 amide bonds. The molecule has 0 heterocycles. The maximum absolute atomic E-state index is 11.7. The van der Waals surface area contributed by atoms with Crippen molar-refractivity contribution in [2.75, 3.05) is 19.8 Å². The van der Waals surface area contributed by atoms with E-state index in [9.17, 15) is 29.3 Å². The number of hydrogen-bond donors (Lipinski definition) is 2. The summed E-state index contributed by atoms with van der Waals surface area (Å²) in [4.78, 5) is 33.7. The van der Waals surface area contributed by atoms with Crippen molar-refractivity contribution in [2.45, 2.75) is 103 Å². The number of allylic oxidation sites excluding steroid dienone is 2. The van der Waals surface area contributed by atoms with Gasteiger partial charge in [0.05, 0.1) is 6.61 Å². The number of phosphoric acid groups is 1. The van der Waals surface area contributed by atoms with E-state index in [1.54, 1.807) is 0 Å². The molecule has 0 fully saturated rings. The molecule has 3 atom stereocenters. The zero-order valence-corrected chi connectivity index (χ0v) is 24.4. The number of carbonyl (C=O) groups is 2. The summed E-state index contributed by atoms with van der Waals surface area (Å²) >= 11 is 0. The molecule has 0 aliphatic carbocycles. The van der Waals surface area contributed by atoms with Crippen LogP contribution < -0.4 is 45.3 Å². The van der Waals surface area contributed by atoms with E-state index in [-0.39, 0.29) is 36.0 Å². The van der Waals surface area contributed by atoms with Crippen LogP contribution in [0.15, 0.2) is 12.2 Å². The second-order valence-electron chi connectivity index (χ2n) is 8.37. The summed E-state index contributed by atoms with van der Waals surface area (Å²) < 4.78 is 25.2. The first-order chi connectivity index (χ1) is 16.2. The molecule has 1 unspecified atom stereocenters. The van der Waals surface area contributed by atoms with Crippen LogP contribution in [-0.4, -0.2) is 49.0 Å². The van der Waals surface area contributed by atoms with Gasteiger partial charge >= 0.3 is 35.5 Å². The van der Waals surface area contributed by atoms with E-state index in [0.717, 1.165) is 25.7 Å². The molecule has 0 radical (unpaired) electrons. The number of quaternary nitrogens is 1. The molecule has 0 saturated carbocycles. The van der Waals surface area contributed by atoms with Gasteiger partial charge in [-0.05, 0) is 32.1 Å². The van der Waals surface area contributed by atoms with E-state index < -0.39 is 51.7 Å². The normalized spacial score (nSPS) is 14.7. The number of carbonyl (C=O) groups excluding carboxylic acids is 2. The molecule has 35 heavy (non-hydrogen) atoms. The minimum atomic E-state index is -4.82. The molecule has 0 aromatic heterocycles. The minimum absolute atomic E-state index is 0. The number of phosphoric ester groups is 1. The molecule has 12 heteroatoms. The summed E-state index contributed by atoms with van der Waals surface area (Å²) in [6.45, 7) is 0.372. The largest absolute Gasteiger partial charge is 1.00 e. The van der Waals surface area contributed by atoms with Gasteiger partial charge in [-0.25, -0.2) is 0 Å². The number of aliphatic hydroxyl groups is 1. The van der Waals surface area contributed by atoms with Gasteiger partial charge in [0.2, 0.25) is 0 Å². The molecular formula is C23H43NNaO9P. The van der Waals surface area contributed by atoms with Gasteiger partial charge in [0, 0.05) is 6.42 Å². The smallest absolute Gasteiger partial charge is 0.756 e. The zero-order valence-electron chi connectivity index (χ0n) is 21.5. The Morgan fingerprint density at radius 1 is 0.914 bits per heavy atom. The molecule has 0 rings (SSSR count). The number of aliphatic hydroxyl groups excluding tert-OH is 1. The number of rotatable bonds is 23. The van der Waals surface area contributed by atoms with Crippen molar-refractivity contribution >= 4 is 19.8 Å². The van der Waals surface area contributed by atoms with Gasteiger partial charge in [-0.3, -0.25) is 9.36 Å². The van der Waals surface area contributed by atoms with Gasteiger partial charge in [-0.15, -0.1) is 0 Å². The topological polar surface area (TPSA) is 173 Å². The Kier molecular flexibility index (Phi) is 25.4. The first-order valence-electron chi connectivity index (χ1n) is 12.3. The number of esters is 1. The Morgan fingerprint density at radius 2 is 1.43 bits per heavy atom. The van der Waals surface area contributed by atoms with Crippen LogP contribution in [0.25, 0.3) is 0 Å². The fourth-order valence-electron chi connectivity index (χ4n) is 2.94. The van der Waals surface area contributed by atoms with Crippen LogP contribution in [0.5, 0.6) is 0 Å². The second-order valence-corrected chi connectivity index (χ2v) is 9.78. The first-order valence-corrected chi connectivity index (χ1v) is 13.8. The van der Waals surface area contributed by atoms with E-state index in [1.807, 2.05) is 0 Å². The summed E-state index contributed by atoms with van der Waals surface area (Å²) in [5, 5.41) is 20.2. The average Bonchev–Trinajstić information content (AvgIpc) is 2.80. The van der Waals surface area contributed by atoms with Crippen LogP contribution in [0.1, 0.15) is 90.4 Å². The number of unbranched alkanes of at least 4 members (excludes halogenated alkanes) is 10. The van der Waals surface area contributed by atoms with E-state index in [1.165, 1.54) is 44.9 Å². The summed E-state index contributed by atoms with van der Waals surface area (Å²) in [5.74, 6) is -2.04. The Labute approximate surface area is 231 Å². The van der Waals surface area contributed by atoms with Crippen molar-refractivity contribution in [1.29, 1.82) is 0 Å². The molecule has 0 bridgehead atoms. The molecule has 0 saturated heterocycles. The van der Waals surface area contributed by atoms with Gasteiger partial charge < -0.3 is 39.4 Å². The molecule has 0 aromatic carbocycles. The van der Waals surface area contributed by atoms with Crippen molar-refractivity contribution < 1.29 is 78.3 Å². The van der Waals surface area contributed by atoms with Gasteiger partial charge in [0.15, 0.2) is 0 Å². The number of hydrogen-bond acceptors (Lipinski definition) is 9. The average molecular weight is 532 g/mol. The Hall–Kier alpha value is -0.290. The zero-order chi connectivity index (χ0) is 25.7. The van der Waals surface area contributed by atoms with Crippen LogP contribution in [-0.2, 0) is 27.9 Å². The van der Waals surface area contributed by atoms with Crippen molar-refractivity contribution in [2.24, 2.45) is 0 Å². The maximum atomic E-state index is 11.7. The molecule has 0 aromatic rings. The van der Waals surface area contributed by atoms with Gasteiger partial charge in [0.1, 0.15) is 31.3 Å². The second kappa shape index (κ2) is 24.1. The number of carboxylic acids is 1. The molecule has 200 valence electrons. The van der Waals surface area contributed by atoms with E-state index in [4.69, 9.17) is 4.74 Å². The molecule has 0 aliphatic heterocycles. The predicted molar refractivity (Wildman–Crippen MR) is 123 cm³/mol. The molecule has 10 nitrogen and oxygen atoms in total. The van der Waals surface area contributed by atoms with Crippen molar-refractivity contribution in [1.82, 2.24) is 0 Å². The third-order valence-electron chi connectivity index (χ3n) is 5.02. The minimum Gasteiger partial charge on any atom is -0.756 e. The third-order valence-corrected chi connectivity index (χ3v) is 5.95. The van der Waals surface area contributed by atoms with Crippen molar-refractivity contribution in [3.8, 4) is 0 Å². The number of aliphatic carboxylic acids is 1. The Morgan fingerprint density at radius 3 is 2.00 bits per heavy atom. The van der Waals surface area contributed by atoms with E-state index in [0.29, 0.717) is 6.42 Å². The Balaban J connectivity index is 0. The first kappa shape index (κ1) is 36.9. The molecule has 4 N–H and O–H groups in total. The van der Waals surface area contributed by atoms with Crippen LogP contribution >= 0.6 is 7.82 Å². The van der Waals surface area contributed by atoms with Gasteiger partial charge in [0.25, 0.3) is 7.82 Å². The summed E-state index contributed by atoms with van der Waals surface area (Å²) in [7, 11) is -4.82. The van der Waals surface area contributed by atoms with Crippen molar-refractivity contribution in [3.63, 3.8) is 0 Å². The number of carboxylic acid groups (broad SMARTS) is 1. The Bertz CT molecular complexity index is 622. The van der Waals surface area contributed by atoms with Crippen molar-refractivity contribution in [3.05, 3.63) is 12.2 Å². The third kappa shape index (κ3) is 25.2. The van der Waals surface area contributed by atoms with Crippen LogP contribution in [0.2, 0.25) is 0 Å². The maximum Gasteiger partial charge on any atom is 1.00 e. The van der Waals surface area contributed by atoms with Gasteiger partial charge in [-0.1, -0.05) is 64.0 Å². The fourth-order valence-corrected chi connectivity index (χ4v) is 3.73. The summed E-state index contributed by atoms with van der Waals surface area (Å²) in [6.07, 6.45) is 17.1. The standard InChI is InChI=1S/C23H44NO9P.Na/c1-2-3-4-5-6-7-8-9-10-11-12-13-14-15-16-22(26)31-17-20(25)18-32-34(29,30)33-19-21(24)23(27)28;/h7-8,20-21,25H,2-6,9-19,24H2,1H3,(H,27,28)(H,29,30);/q;+1/p-1/b8-7-;/t20-,21+;/m1./s1. The molecular weight excluding hydrogens is 488 g/mol. The SMILES string of the molecule is CCCCCC/C=C\CCCCCCCCC(=O)OC[C@@H](O)COP(=O)([O-])OC[C@H]([NH3+])C(=O)[O-].[Na+]. The monoisotopic (exact) mass is 531 g/mol. The quantitative estimate of drug-likeness (QED) is 0.0518. The van der Waals surface area contributed by atoms with Gasteiger partial charge in [-0.2, -0.15) is 0 Å². The fraction of sp³-hybridized carbons (Fsp3) is 0.826. The predicted octanol–water partition coefficient (Wildman–Crippen LogP) is -1.60. The van der Waals surface area contributed by atoms with Crippen LogP contribution in [0, 0.1) is 0 Å². The molecule has 0 aliphatic rings. The summed E-state index contributed by atoms with van der Waals surface area (Å²) in [6, 6.07) is -1.39.